The summed E-state index contributed by atoms with van der Waals surface area (Å²) in [5, 5.41) is 12.7. The van der Waals surface area contributed by atoms with E-state index in [1.807, 2.05) is 0 Å². The van der Waals surface area contributed by atoms with E-state index < -0.39 is 0 Å². The second-order valence-corrected chi connectivity index (χ2v) is 5.70. The van der Waals surface area contributed by atoms with Crippen LogP contribution in [0, 0.1) is 0 Å². The Kier molecular flexibility index (Phi) is 4.60. The molecule has 94 valence electrons. The number of hydrogen-bond acceptors (Lipinski definition) is 2. The van der Waals surface area contributed by atoms with Crippen molar-refractivity contribution in [2.45, 2.75) is 44.2 Å². The van der Waals surface area contributed by atoms with Crippen LogP contribution in [-0.4, -0.2) is 23.8 Å². The van der Waals surface area contributed by atoms with E-state index >= 15 is 0 Å². The summed E-state index contributed by atoms with van der Waals surface area (Å²) in [6, 6.07) is 9.31. The van der Waals surface area contributed by atoms with E-state index in [9.17, 15) is 0 Å². The van der Waals surface area contributed by atoms with Crippen molar-refractivity contribution in [3.05, 3.63) is 34.3 Å². The Balaban J connectivity index is 1.85. The first kappa shape index (κ1) is 13.1. The van der Waals surface area contributed by atoms with Gasteiger partial charge in [-0.2, -0.15) is 0 Å². The van der Waals surface area contributed by atoms with Gasteiger partial charge in [0.05, 0.1) is 6.61 Å². The SMILES string of the molecule is CC[C@H](CO)NC1CC(c2ccccc2Br)C1. The normalized spacial score (nSPS) is 25.4. The molecule has 1 aromatic carbocycles. The summed E-state index contributed by atoms with van der Waals surface area (Å²) < 4.78 is 1.22. The average Bonchev–Trinajstić information content (AvgIpc) is 2.30. The lowest BCUT2D eigenvalue weighted by molar-refractivity contribution is 0.193. The zero-order valence-corrected chi connectivity index (χ0v) is 11.8. The smallest absolute Gasteiger partial charge is 0.0584 e. The Morgan fingerprint density at radius 2 is 2.12 bits per heavy atom. The van der Waals surface area contributed by atoms with Crippen LogP contribution in [0.2, 0.25) is 0 Å². The molecule has 1 atom stereocenters. The molecule has 3 heteroatoms. The van der Waals surface area contributed by atoms with Gasteiger partial charge < -0.3 is 10.4 Å². The lowest BCUT2D eigenvalue weighted by Crippen LogP contribution is -2.46. The lowest BCUT2D eigenvalue weighted by atomic mass is 9.75. The predicted molar refractivity (Wildman–Crippen MR) is 74.2 cm³/mol. The first-order valence-corrected chi connectivity index (χ1v) is 7.15. The van der Waals surface area contributed by atoms with Gasteiger partial charge in [-0.05, 0) is 36.8 Å². The monoisotopic (exact) mass is 297 g/mol. The molecule has 1 fully saturated rings. The molecule has 0 spiro atoms. The molecule has 2 rings (SSSR count). The molecule has 0 heterocycles. The van der Waals surface area contributed by atoms with E-state index in [4.69, 9.17) is 5.11 Å². The first-order valence-electron chi connectivity index (χ1n) is 6.36. The van der Waals surface area contributed by atoms with Crippen LogP contribution in [0.5, 0.6) is 0 Å². The number of aliphatic hydroxyl groups excluding tert-OH is 1. The van der Waals surface area contributed by atoms with Crippen LogP contribution in [0.4, 0.5) is 0 Å². The molecule has 0 radical (unpaired) electrons. The van der Waals surface area contributed by atoms with Crippen LogP contribution in [0.15, 0.2) is 28.7 Å². The molecule has 0 amide bonds. The van der Waals surface area contributed by atoms with Gasteiger partial charge in [0.1, 0.15) is 0 Å². The molecule has 1 saturated carbocycles. The van der Waals surface area contributed by atoms with Gasteiger partial charge in [0, 0.05) is 16.6 Å². The van der Waals surface area contributed by atoms with Crippen molar-refractivity contribution in [1.82, 2.24) is 5.32 Å². The first-order chi connectivity index (χ1) is 8.24. The third-order valence-corrected chi connectivity index (χ3v) is 4.39. The molecular formula is C14H20BrNO. The van der Waals surface area contributed by atoms with Gasteiger partial charge in [-0.25, -0.2) is 0 Å². The molecule has 0 unspecified atom stereocenters. The molecule has 0 aliphatic heterocycles. The molecular weight excluding hydrogens is 278 g/mol. The Hall–Kier alpha value is -0.380. The number of aliphatic hydroxyl groups is 1. The highest BCUT2D eigenvalue weighted by Crippen LogP contribution is 2.40. The highest BCUT2D eigenvalue weighted by molar-refractivity contribution is 9.10. The molecule has 2 N–H and O–H groups in total. The largest absolute Gasteiger partial charge is 0.395 e. The maximum absolute atomic E-state index is 9.15. The Morgan fingerprint density at radius 3 is 2.71 bits per heavy atom. The van der Waals surface area contributed by atoms with Crippen LogP contribution < -0.4 is 5.32 Å². The van der Waals surface area contributed by atoms with Crippen LogP contribution in [0.3, 0.4) is 0 Å². The zero-order valence-electron chi connectivity index (χ0n) is 10.2. The van der Waals surface area contributed by atoms with Gasteiger partial charge >= 0.3 is 0 Å². The maximum Gasteiger partial charge on any atom is 0.0584 e. The maximum atomic E-state index is 9.15. The molecule has 17 heavy (non-hydrogen) atoms. The van der Waals surface area contributed by atoms with Gasteiger partial charge in [-0.3, -0.25) is 0 Å². The van der Waals surface area contributed by atoms with Crippen molar-refractivity contribution < 1.29 is 5.11 Å². The number of nitrogens with one attached hydrogen (secondary N) is 1. The summed E-state index contributed by atoms with van der Waals surface area (Å²) in [6.07, 6.45) is 3.35. The molecule has 1 aromatic rings. The zero-order chi connectivity index (χ0) is 12.3. The van der Waals surface area contributed by atoms with E-state index in [0.29, 0.717) is 12.0 Å². The third-order valence-electron chi connectivity index (χ3n) is 3.67. The van der Waals surface area contributed by atoms with Crippen molar-refractivity contribution in [1.29, 1.82) is 0 Å². The lowest BCUT2D eigenvalue weighted by Gasteiger charge is -2.38. The van der Waals surface area contributed by atoms with Crippen LogP contribution in [0.25, 0.3) is 0 Å². The van der Waals surface area contributed by atoms with E-state index in [2.05, 4.69) is 52.4 Å². The van der Waals surface area contributed by atoms with E-state index in [-0.39, 0.29) is 12.6 Å². The summed E-state index contributed by atoms with van der Waals surface area (Å²) in [4.78, 5) is 0. The second-order valence-electron chi connectivity index (χ2n) is 4.84. The van der Waals surface area contributed by atoms with E-state index in [0.717, 1.165) is 6.42 Å². The average molecular weight is 298 g/mol. The molecule has 1 aliphatic carbocycles. The van der Waals surface area contributed by atoms with Gasteiger partial charge in [-0.1, -0.05) is 41.1 Å². The minimum Gasteiger partial charge on any atom is -0.395 e. The van der Waals surface area contributed by atoms with Crippen molar-refractivity contribution >= 4 is 15.9 Å². The molecule has 0 aromatic heterocycles. The fraction of sp³-hybridized carbons (Fsp3) is 0.571. The highest BCUT2D eigenvalue weighted by Gasteiger charge is 2.32. The Morgan fingerprint density at radius 1 is 1.41 bits per heavy atom. The van der Waals surface area contributed by atoms with Gasteiger partial charge in [-0.15, -0.1) is 0 Å². The van der Waals surface area contributed by atoms with E-state index in [1.54, 1.807) is 0 Å². The fourth-order valence-electron chi connectivity index (χ4n) is 2.45. The minimum atomic E-state index is 0.243. The Labute approximate surface area is 112 Å². The van der Waals surface area contributed by atoms with Crippen molar-refractivity contribution in [2.75, 3.05) is 6.61 Å². The van der Waals surface area contributed by atoms with Crippen molar-refractivity contribution in [3.8, 4) is 0 Å². The molecule has 2 nitrogen and oxygen atoms in total. The number of benzene rings is 1. The van der Waals surface area contributed by atoms with E-state index in [1.165, 1.54) is 22.9 Å². The second kappa shape index (κ2) is 5.98. The van der Waals surface area contributed by atoms with Gasteiger partial charge in [0.15, 0.2) is 0 Å². The topological polar surface area (TPSA) is 32.3 Å². The number of hydrogen-bond donors (Lipinski definition) is 2. The summed E-state index contributed by atoms with van der Waals surface area (Å²) in [5.74, 6) is 0.666. The number of halogens is 1. The molecule has 0 bridgehead atoms. The van der Waals surface area contributed by atoms with Crippen molar-refractivity contribution in [2.24, 2.45) is 0 Å². The summed E-state index contributed by atoms with van der Waals surface area (Å²) >= 11 is 3.61. The molecule has 0 saturated heterocycles. The Bertz CT molecular complexity index is 359. The van der Waals surface area contributed by atoms with Crippen molar-refractivity contribution in [3.63, 3.8) is 0 Å². The van der Waals surface area contributed by atoms with Gasteiger partial charge in [0.25, 0.3) is 0 Å². The summed E-state index contributed by atoms with van der Waals surface area (Å²) in [5.41, 5.74) is 1.42. The summed E-state index contributed by atoms with van der Waals surface area (Å²) in [6.45, 7) is 2.35. The minimum absolute atomic E-state index is 0.243. The number of rotatable bonds is 5. The van der Waals surface area contributed by atoms with Gasteiger partial charge in [0.2, 0.25) is 0 Å². The third kappa shape index (κ3) is 3.09. The van der Waals surface area contributed by atoms with Crippen LogP contribution in [-0.2, 0) is 0 Å². The summed E-state index contributed by atoms with van der Waals surface area (Å²) in [7, 11) is 0. The highest BCUT2D eigenvalue weighted by atomic mass is 79.9. The van der Waals surface area contributed by atoms with Crippen LogP contribution >= 0.6 is 15.9 Å². The molecule has 1 aliphatic rings. The standard InChI is InChI=1S/C14H20BrNO/c1-2-11(9-17)16-12-7-10(8-12)13-5-3-4-6-14(13)15/h3-6,10-12,16-17H,2,7-9H2,1H3/t10?,11-,12?/m1/s1. The van der Waals surface area contributed by atoms with Crippen LogP contribution in [0.1, 0.15) is 37.7 Å². The fourth-order valence-corrected chi connectivity index (χ4v) is 3.06. The predicted octanol–water partition coefficient (Wildman–Crippen LogP) is 3.06. The quantitative estimate of drug-likeness (QED) is 0.875.